The Labute approximate surface area is 134 Å². The van der Waals surface area contributed by atoms with Gasteiger partial charge in [0.15, 0.2) is 0 Å². The normalized spacial score (nSPS) is 23.1. The van der Waals surface area contributed by atoms with E-state index in [1.165, 1.54) is 0 Å². The van der Waals surface area contributed by atoms with Gasteiger partial charge in [0, 0.05) is 25.7 Å². The highest BCUT2D eigenvalue weighted by atomic mass is 35.5. The molecule has 3 heterocycles. The van der Waals surface area contributed by atoms with E-state index in [2.05, 4.69) is 32.3 Å². The molecule has 1 saturated heterocycles. The minimum atomic E-state index is -0.952. The van der Waals surface area contributed by atoms with E-state index in [1.807, 2.05) is 7.05 Å². The molecule has 0 aliphatic carbocycles. The van der Waals surface area contributed by atoms with Crippen molar-refractivity contribution in [3.63, 3.8) is 0 Å². The summed E-state index contributed by atoms with van der Waals surface area (Å²) in [5, 5.41) is 26.4. The number of nitrogens with zero attached hydrogens (tertiary/aromatic N) is 5. The summed E-state index contributed by atoms with van der Waals surface area (Å²) in [6, 6.07) is 0. The number of hydrogen-bond donors (Lipinski definition) is 2. The van der Waals surface area contributed by atoms with Gasteiger partial charge in [0.1, 0.15) is 16.4 Å². The van der Waals surface area contributed by atoms with Gasteiger partial charge in [0.05, 0.1) is 11.9 Å². The van der Waals surface area contributed by atoms with Crippen LogP contribution >= 0.6 is 11.6 Å². The summed E-state index contributed by atoms with van der Waals surface area (Å²) in [5.74, 6) is 0. The monoisotopic (exact) mass is 324 g/mol. The lowest BCUT2D eigenvalue weighted by molar-refractivity contribution is -0.0414. The molecule has 0 bridgehead atoms. The molecule has 1 fully saturated rings. The standard InChI is InChI=1S/C14H21ClN6O/c1-3-11-10(13(15)20(2)18-11)8-21-6-4-5-14(22,9-21)12-7-16-19-17-12/h7,22H,3-6,8-9H2,1-2H3,(H,16,17,19). The predicted molar refractivity (Wildman–Crippen MR) is 82.4 cm³/mol. The lowest BCUT2D eigenvalue weighted by atomic mass is 9.90. The molecule has 2 aromatic rings. The molecule has 0 spiro atoms. The molecular formula is C14H21ClN6O. The molecule has 120 valence electrons. The number of aliphatic hydroxyl groups is 1. The van der Waals surface area contributed by atoms with Crippen LogP contribution in [0.4, 0.5) is 0 Å². The van der Waals surface area contributed by atoms with Crippen molar-refractivity contribution in [3.8, 4) is 0 Å². The number of halogens is 1. The van der Waals surface area contributed by atoms with Gasteiger partial charge in [-0.2, -0.15) is 20.5 Å². The van der Waals surface area contributed by atoms with E-state index >= 15 is 0 Å². The highest BCUT2D eigenvalue weighted by Crippen LogP contribution is 2.31. The molecule has 0 amide bonds. The van der Waals surface area contributed by atoms with E-state index in [4.69, 9.17) is 11.6 Å². The first-order chi connectivity index (χ1) is 10.5. The first kappa shape index (κ1) is 15.5. The fourth-order valence-electron chi connectivity index (χ4n) is 3.16. The second-order valence-electron chi connectivity index (χ2n) is 5.89. The maximum Gasteiger partial charge on any atom is 0.131 e. The highest BCUT2D eigenvalue weighted by molar-refractivity contribution is 6.30. The summed E-state index contributed by atoms with van der Waals surface area (Å²) in [7, 11) is 1.85. The molecule has 3 rings (SSSR count). The van der Waals surface area contributed by atoms with Crippen molar-refractivity contribution >= 4 is 11.6 Å². The van der Waals surface area contributed by atoms with Crippen LogP contribution in [0.5, 0.6) is 0 Å². The van der Waals surface area contributed by atoms with Crippen LogP contribution in [-0.2, 0) is 25.6 Å². The van der Waals surface area contributed by atoms with E-state index in [0.29, 0.717) is 30.4 Å². The molecule has 7 nitrogen and oxygen atoms in total. The Morgan fingerprint density at radius 1 is 1.50 bits per heavy atom. The van der Waals surface area contributed by atoms with Gasteiger partial charge in [-0.05, 0) is 25.8 Å². The van der Waals surface area contributed by atoms with Crippen LogP contribution in [0.15, 0.2) is 6.20 Å². The van der Waals surface area contributed by atoms with E-state index in [-0.39, 0.29) is 0 Å². The Morgan fingerprint density at radius 2 is 2.32 bits per heavy atom. The Kier molecular flexibility index (Phi) is 4.20. The van der Waals surface area contributed by atoms with Crippen LogP contribution in [-0.4, -0.2) is 48.3 Å². The lowest BCUT2D eigenvalue weighted by Gasteiger charge is -2.38. The fraction of sp³-hybridized carbons (Fsp3) is 0.643. The fourth-order valence-corrected chi connectivity index (χ4v) is 3.36. The van der Waals surface area contributed by atoms with Gasteiger partial charge in [0.2, 0.25) is 0 Å². The molecule has 8 heteroatoms. The number of likely N-dealkylation sites (tertiary alicyclic amines) is 1. The Morgan fingerprint density at radius 3 is 3.00 bits per heavy atom. The SMILES string of the molecule is CCc1nn(C)c(Cl)c1CN1CCCC(O)(c2cn[nH]n2)C1. The molecular weight excluding hydrogens is 304 g/mol. The van der Waals surface area contributed by atoms with Crippen molar-refractivity contribution in [2.45, 2.75) is 38.3 Å². The summed E-state index contributed by atoms with van der Waals surface area (Å²) in [4.78, 5) is 2.21. The predicted octanol–water partition coefficient (Wildman–Crippen LogP) is 1.24. The van der Waals surface area contributed by atoms with Crippen molar-refractivity contribution < 1.29 is 5.11 Å². The number of nitrogens with one attached hydrogen (secondary N) is 1. The third-order valence-electron chi connectivity index (χ3n) is 4.31. The van der Waals surface area contributed by atoms with Crippen LogP contribution < -0.4 is 0 Å². The summed E-state index contributed by atoms with van der Waals surface area (Å²) >= 11 is 6.37. The van der Waals surface area contributed by atoms with Gasteiger partial charge in [-0.3, -0.25) is 9.58 Å². The average Bonchev–Trinajstić information content (AvgIpc) is 3.12. The van der Waals surface area contributed by atoms with Gasteiger partial charge in [0.25, 0.3) is 0 Å². The first-order valence-corrected chi connectivity index (χ1v) is 7.92. The largest absolute Gasteiger partial charge is 0.382 e. The van der Waals surface area contributed by atoms with E-state index in [9.17, 15) is 5.11 Å². The summed E-state index contributed by atoms with van der Waals surface area (Å²) in [6.07, 6.45) is 4.04. The second kappa shape index (κ2) is 5.98. The van der Waals surface area contributed by atoms with E-state index < -0.39 is 5.60 Å². The molecule has 1 aliphatic heterocycles. The molecule has 2 aromatic heterocycles. The molecule has 0 saturated carbocycles. The summed E-state index contributed by atoms with van der Waals surface area (Å²) in [6.45, 7) is 4.21. The molecule has 1 unspecified atom stereocenters. The Bertz CT molecular complexity index is 640. The van der Waals surface area contributed by atoms with Crippen molar-refractivity contribution in [2.24, 2.45) is 7.05 Å². The zero-order chi connectivity index (χ0) is 15.7. The minimum absolute atomic E-state index is 0.522. The third kappa shape index (κ3) is 2.76. The lowest BCUT2D eigenvalue weighted by Crippen LogP contribution is -2.46. The zero-order valence-corrected chi connectivity index (χ0v) is 13.6. The van der Waals surface area contributed by atoms with Gasteiger partial charge in [-0.15, -0.1) is 0 Å². The van der Waals surface area contributed by atoms with E-state index in [1.54, 1.807) is 10.9 Å². The van der Waals surface area contributed by atoms with Crippen LogP contribution in [0.2, 0.25) is 5.15 Å². The smallest absolute Gasteiger partial charge is 0.131 e. The number of β-amino-alcohol motifs (C(OH)–C–C–N with tert-alkyl or cyclic N) is 1. The first-order valence-electron chi connectivity index (χ1n) is 7.54. The molecule has 22 heavy (non-hydrogen) atoms. The molecule has 1 aliphatic rings. The van der Waals surface area contributed by atoms with Crippen LogP contribution in [0.1, 0.15) is 36.7 Å². The second-order valence-corrected chi connectivity index (χ2v) is 6.25. The highest BCUT2D eigenvalue weighted by Gasteiger charge is 2.37. The van der Waals surface area contributed by atoms with E-state index in [0.717, 1.165) is 30.6 Å². The van der Waals surface area contributed by atoms with Gasteiger partial charge < -0.3 is 5.11 Å². The van der Waals surface area contributed by atoms with Crippen LogP contribution in [0, 0.1) is 0 Å². The molecule has 0 aromatic carbocycles. The van der Waals surface area contributed by atoms with Crippen molar-refractivity contribution in [1.82, 2.24) is 30.1 Å². The third-order valence-corrected chi connectivity index (χ3v) is 4.78. The molecule has 1 atom stereocenters. The topological polar surface area (TPSA) is 82.9 Å². The molecule has 0 radical (unpaired) electrons. The average molecular weight is 325 g/mol. The van der Waals surface area contributed by atoms with Gasteiger partial charge >= 0.3 is 0 Å². The van der Waals surface area contributed by atoms with Crippen molar-refractivity contribution in [3.05, 3.63) is 28.3 Å². The van der Waals surface area contributed by atoms with Gasteiger partial charge in [-0.25, -0.2) is 0 Å². The maximum absolute atomic E-state index is 10.9. The summed E-state index contributed by atoms with van der Waals surface area (Å²) in [5.41, 5.74) is 1.72. The minimum Gasteiger partial charge on any atom is -0.382 e. The van der Waals surface area contributed by atoms with Crippen LogP contribution in [0.3, 0.4) is 0 Å². The maximum atomic E-state index is 10.9. The Hall–Kier alpha value is -1.44. The van der Waals surface area contributed by atoms with Gasteiger partial charge in [-0.1, -0.05) is 18.5 Å². The number of aromatic nitrogens is 5. The number of aromatic amines is 1. The number of hydrogen-bond acceptors (Lipinski definition) is 5. The number of piperidine rings is 1. The Balaban J connectivity index is 1.79. The number of H-pyrrole nitrogens is 1. The summed E-state index contributed by atoms with van der Waals surface area (Å²) < 4.78 is 1.71. The van der Waals surface area contributed by atoms with Crippen molar-refractivity contribution in [2.75, 3.05) is 13.1 Å². The van der Waals surface area contributed by atoms with Crippen LogP contribution in [0.25, 0.3) is 0 Å². The van der Waals surface area contributed by atoms with Crippen molar-refractivity contribution in [1.29, 1.82) is 0 Å². The number of rotatable bonds is 4. The quantitative estimate of drug-likeness (QED) is 0.884. The number of aryl methyl sites for hydroxylation is 2. The molecule has 2 N–H and O–H groups in total. The zero-order valence-electron chi connectivity index (χ0n) is 12.9.